The van der Waals surface area contributed by atoms with Crippen LogP contribution in [0.25, 0.3) is 0 Å². The molecule has 0 aromatic heterocycles. The fourth-order valence-electron chi connectivity index (χ4n) is 3.57. The Hall–Kier alpha value is -0.650. The van der Waals surface area contributed by atoms with Crippen molar-refractivity contribution in [2.45, 2.75) is 105 Å². The van der Waals surface area contributed by atoms with E-state index < -0.39 is 17.4 Å². The largest absolute Gasteiger partial charge is 0.481 e. The summed E-state index contributed by atoms with van der Waals surface area (Å²) in [5.41, 5.74) is -1.18. The molecule has 26 heavy (non-hydrogen) atoms. The van der Waals surface area contributed by atoms with Gasteiger partial charge in [0.2, 0.25) is 0 Å². The average Bonchev–Trinajstić information content (AvgIpc) is 2.61. The maximum absolute atomic E-state index is 12.5. The first-order valence-electron chi connectivity index (χ1n) is 10.6. The molecule has 0 aliphatic heterocycles. The van der Waals surface area contributed by atoms with E-state index in [-0.39, 0.29) is 0 Å². The molecular formula is C21H42O5. The Morgan fingerprint density at radius 1 is 0.692 bits per heavy atom. The van der Waals surface area contributed by atoms with Crippen molar-refractivity contribution in [2.75, 3.05) is 19.8 Å². The Labute approximate surface area is 160 Å². The van der Waals surface area contributed by atoms with Crippen LogP contribution in [0.1, 0.15) is 98.8 Å². The minimum atomic E-state index is -1.52. The predicted octanol–water partition coefficient (Wildman–Crippen LogP) is 5.76. The molecule has 0 bridgehead atoms. The Bertz CT molecular complexity index is 341. The van der Waals surface area contributed by atoms with Gasteiger partial charge in [0.1, 0.15) is 5.41 Å². The van der Waals surface area contributed by atoms with Gasteiger partial charge in [-0.1, -0.05) is 65.2 Å². The Balaban J connectivity index is 5.54. The van der Waals surface area contributed by atoms with Crippen LogP contribution >= 0.6 is 0 Å². The van der Waals surface area contributed by atoms with Crippen molar-refractivity contribution < 1.29 is 24.1 Å². The molecule has 0 aromatic rings. The molecule has 0 radical (unpaired) electrons. The highest BCUT2D eigenvalue weighted by Gasteiger charge is 2.59. The fraction of sp³-hybridized carbons (Fsp3) is 0.952. The molecule has 0 aliphatic rings. The van der Waals surface area contributed by atoms with Crippen molar-refractivity contribution in [3.05, 3.63) is 0 Å². The van der Waals surface area contributed by atoms with Crippen molar-refractivity contribution in [1.82, 2.24) is 0 Å². The van der Waals surface area contributed by atoms with Gasteiger partial charge in [-0.05, 0) is 33.6 Å². The maximum atomic E-state index is 12.5. The molecule has 5 nitrogen and oxygen atoms in total. The van der Waals surface area contributed by atoms with Crippen LogP contribution in [0.5, 0.6) is 0 Å². The molecule has 156 valence electrons. The SMILES string of the molecule is CCCCCCCCC(CCCC)(C(=O)O)C(OCC)(OCC)OCC. The first kappa shape index (κ1) is 25.4. The van der Waals surface area contributed by atoms with Crippen LogP contribution in [-0.4, -0.2) is 36.9 Å². The summed E-state index contributed by atoms with van der Waals surface area (Å²) in [6.07, 6.45) is 9.39. The van der Waals surface area contributed by atoms with Crippen LogP contribution in [-0.2, 0) is 19.0 Å². The van der Waals surface area contributed by atoms with E-state index in [2.05, 4.69) is 13.8 Å². The lowest BCUT2D eigenvalue weighted by atomic mass is 9.75. The van der Waals surface area contributed by atoms with E-state index in [1.165, 1.54) is 19.3 Å². The highest BCUT2D eigenvalue weighted by molar-refractivity contribution is 5.75. The molecule has 0 aliphatic carbocycles. The van der Waals surface area contributed by atoms with Crippen molar-refractivity contribution in [3.8, 4) is 0 Å². The highest BCUT2D eigenvalue weighted by Crippen LogP contribution is 2.46. The molecule has 5 heteroatoms. The van der Waals surface area contributed by atoms with Gasteiger partial charge < -0.3 is 19.3 Å². The van der Waals surface area contributed by atoms with Gasteiger partial charge in [-0.25, -0.2) is 0 Å². The number of hydrogen-bond donors (Lipinski definition) is 1. The summed E-state index contributed by atoms with van der Waals surface area (Å²) in [5.74, 6) is -2.40. The van der Waals surface area contributed by atoms with Crippen LogP contribution < -0.4 is 0 Å². The van der Waals surface area contributed by atoms with E-state index in [9.17, 15) is 9.90 Å². The quantitative estimate of drug-likeness (QED) is 0.244. The fourth-order valence-corrected chi connectivity index (χ4v) is 3.57. The van der Waals surface area contributed by atoms with Gasteiger partial charge >= 0.3 is 5.97 Å². The van der Waals surface area contributed by atoms with Crippen molar-refractivity contribution >= 4 is 5.97 Å². The smallest absolute Gasteiger partial charge is 0.317 e. The lowest BCUT2D eigenvalue weighted by Gasteiger charge is -2.46. The third-order valence-electron chi connectivity index (χ3n) is 4.91. The zero-order valence-electron chi connectivity index (χ0n) is 17.8. The van der Waals surface area contributed by atoms with E-state index in [1.54, 1.807) is 0 Å². The van der Waals surface area contributed by atoms with Gasteiger partial charge in [0.15, 0.2) is 0 Å². The molecule has 0 heterocycles. The predicted molar refractivity (Wildman–Crippen MR) is 105 cm³/mol. The van der Waals surface area contributed by atoms with Crippen LogP contribution in [0, 0.1) is 5.41 Å². The van der Waals surface area contributed by atoms with Gasteiger partial charge in [0, 0.05) is 19.8 Å². The lowest BCUT2D eigenvalue weighted by Crippen LogP contribution is -2.58. The van der Waals surface area contributed by atoms with Gasteiger partial charge in [0.25, 0.3) is 5.97 Å². The number of carbonyl (C=O) groups is 1. The van der Waals surface area contributed by atoms with Crippen molar-refractivity contribution in [1.29, 1.82) is 0 Å². The molecule has 1 atom stereocenters. The summed E-state index contributed by atoms with van der Waals surface area (Å²) in [6, 6.07) is 0. The highest BCUT2D eigenvalue weighted by atomic mass is 16.9. The Morgan fingerprint density at radius 2 is 1.12 bits per heavy atom. The minimum Gasteiger partial charge on any atom is -0.481 e. The second-order valence-electron chi connectivity index (χ2n) is 6.86. The Kier molecular flexibility index (Phi) is 14.1. The summed E-state index contributed by atoms with van der Waals surface area (Å²) in [4.78, 5) is 12.5. The number of aliphatic carboxylic acids is 1. The molecular weight excluding hydrogens is 332 g/mol. The second kappa shape index (κ2) is 14.4. The number of unbranched alkanes of at least 4 members (excludes halogenated alkanes) is 6. The van der Waals surface area contributed by atoms with Crippen LogP contribution in [0.3, 0.4) is 0 Å². The lowest BCUT2D eigenvalue weighted by molar-refractivity contribution is -0.423. The summed E-state index contributed by atoms with van der Waals surface area (Å²) in [6.45, 7) is 10.9. The Morgan fingerprint density at radius 3 is 1.54 bits per heavy atom. The van der Waals surface area contributed by atoms with Crippen molar-refractivity contribution in [3.63, 3.8) is 0 Å². The average molecular weight is 375 g/mol. The minimum absolute atomic E-state index is 0.345. The topological polar surface area (TPSA) is 65.0 Å². The summed E-state index contributed by atoms with van der Waals surface area (Å²) in [7, 11) is 0. The van der Waals surface area contributed by atoms with E-state index in [4.69, 9.17) is 14.2 Å². The molecule has 1 unspecified atom stereocenters. The van der Waals surface area contributed by atoms with Gasteiger partial charge in [-0.3, -0.25) is 4.79 Å². The number of carboxylic acid groups (broad SMARTS) is 1. The molecule has 0 saturated carbocycles. The molecule has 0 saturated heterocycles. The van der Waals surface area contributed by atoms with Crippen LogP contribution in [0.4, 0.5) is 0 Å². The number of rotatable bonds is 18. The van der Waals surface area contributed by atoms with Gasteiger partial charge in [-0.15, -0.1) is 0 Å². The zero-order valence-corrected chi connectivity index (χ0v) is 17.8. The van der Waals surface area contributed by atoms with Gasteiger partial charge in [0.05, 0.1) is 0 Å². The molecule has 1 N–H and O–H groups in total. The summed E-state index contributed by atoms with van der Waals surface area (Å²) >= 11 is 0. The van der Waals surface area contributed by atoms with E-state index in [0.29, 0.717) is 32.7 Å². The summed E-state index contributed by atoms with van der Waals surface area (Å²) in [5, 5.41) is 10.3. The van der Waals surface area contributed by atoms with Crippen LogP contribution in [0.2, 0.25) is 0 Å². The molecule has 0 amide bonds. The number of hydrogen-bond acceptors (Lipinski definition) is 4. The van der Waals surface area contributed by atoms with E-state index in [0.717, 1.165) is 32.1 Å². The molecule has 0 spiro atoms. The van der Waals surface area contributed by atoms with Crippen molar-refractivity contribution in [2.24, 2.45) is 5.41 Å². The molecule has 0 fully saturated rings. The molecule has 0 aromatic carbocycles. The normalized spacial score (nSPS) is 14.3. The third-order valence-corrected chi connectivity index (χ3v) is 4.91. The standard InChI is InChI=1S/C21H42O5/c1-6-11-13-14-15-16-18-20(19(22)23,17-12-7-2)21(24-8-3,25-9-4)26-10-5/h6-18H2,1-5H3,(H,22,23). The first-order valence-corrected chi connectivity index (χ1v) is 10.6. The van der Waals surface area contributed by atoms with Gasteiger partial charge in [-0.2, -0.15) is 0 Å². The van der Waals surface area contributed by atoms with E-state index >= 15 is 0 Å². The summed E-state index contributed by atoms with van der Waals surface area (Å²) < 4.78 is 17.7. The third kappa shape index (κ3) is 7.16. The second-order valence-corrected chi connectivity index (χ2v) is 6.86. The maximum Gasteiger partial charge on any atom is 0.317 e. The molecule has 0 rings (SSSR count). The monoisotopic (exact) mass is 374 g/mol. The number of ether oxygens (including phenoxy) is 3. The van der Waals surface area contributed by atoms with E-state index in [1.807, 2.05) is 20.8 Å². The zero-order chi connectivity index (χ0) is 19.9. The first-order chi connectivity index (χ1) is 12.5. The number of carboxylic acids is 1. The van der Waals surface area contributed by atoms with Crippen LogP contribution in [0.15, 0.2) is 0 Å².